The molecular formula is C18H18BrFN2O. The summed E-state index contributed by atoms with van der Waals surface area (Å²) in [5, 5.41) is 0. The Hall–Kier alpha value is -1.88. The van der Waals surface area contributed by atoms with E-state index >= 15 is 0 Å². The monoisotopic (exact) mass is 376 g/mol. The third-order valence-electron chi connectivity index (χ3n) is 4.10. The minimum absolute atomic E-state index is 0.0548. The Kier molecular flexibility index (Phi) is 4.66. The lowest BCUT2D eigenvalue weighted by Crippen LogP contribution is -2.48. The molecule has 2 aromatic rings. The molecular weight excluding hydrogens is 359 g/mol. The van der Waals surface area contributed by atoms with Gasteiger partial charge in [0.15, 0.2) is 0 Å². The fourth-order valence-electron chi connectivity index (χ4n) is 2.83. The quantitative estimate of drug-likeness (QED) is 0.794. The van der Waals surface area contributed by atoms with Gasteiger partial charge in [-0.15, -0.1) is 0 Å². The summed E-state index contributed by atoms with van der Waals surface area (Å²) in [6.07, 6.45) is 0. The molecule has 0 aromatic heterocycles. The van der Waals surface area contributed by atoms with Gasteiger partial charge in [-0.3, -0.25) is 4.79 Å². The maximum atomic E-state index is 13.2. The maximum absolute atomic E-state index is 13.2. The van der Waals surface area contributed by atoms with E-state index in [0.29, 0.717) is 23.1 Å². The fourth-order valence-corrected chi connectivity index (χ4v) is 3.35. The number of rotatable bonds is 2. The number of amides is 1. The van der Waals surface area contributed by atoms with Crippen LogP contribution in [0.1, 0.15) is 15.9 Å². The number of carbonyl (C=O) groups is 1. The normalized spacial score (nSPS) is 14.9. The SMILES string of the molecule is Cc1cccc(N2CCN(C(=O)c3ccc(F)cc3Br)CC2)c1. The van der Waals surface area contributed by atoms with Gasteiger partial charge < -0.3 is 9.80 Å². The van der Waals surface area contributed by atoms with Crippen LogP contribution in [0.15, 0.2) is 46.9 Å². The van der Waals surface area contributed by atoms with E-state index in [9.17, 15) is 9.18 Å². The summed E-state index contributed by atoms with van der Waals surface area (Å²) < 4.78 is 13.7. The van der Waals surface area contributed by atoms with Gasteiger partial charge in [0, 0.05) is 36.3 Å². The third-order valence-corrected chi connectivity index (χ3v) is 4.75. The van der Waals surface area contributed by atoms with Crippen LogP contribution in [0.5, 0.6) is 0 Å². The molecule has 0 bridgehead atoms. The highest BCUT2D eigenvalue weighted by Crippen LogP contribution is 2.22. The molecule has 2 aromatic carbocycles. The van der Waals surface area contributed by atoms with E-state index < -0.39 is 0 Å². The van der Waals surface area contributed by atoms with Gasteiger partial charge in [-0.05, 0) is 58.7 Å². The number of anilines is 1. The van der Waals surface area contributed by atoms with Crippen LogP contribution in [0.2, 0.25) is 0 Å². The topological polar surface area (TPSA) is 23.6 Å². The number of piperazine rings is 1. The molecule has 0 aliphatic carbocycles. The van der Waals surface area contributed by atoms with E-state index in [0.717, 1.165) is 13.1 Å². The molecule has 120 valence electrons. The summed E-state index contributed by atoms with van der Waals surface area (Å²) in [4.78, 5) is 16.7. The zero-order chi connectivity index (χ0) is 16.4. The van der Waals surface area contributed by atoms with Crippen LogP contribution in [-0.4, -0.2) is 37.0 Å². The van der Waals surface area contributed by atoms with Crippen molar-refractivity contribution in [3.05, 3.63) is 63.9 Å². The number of hydrogen-bond acceptors (Lipinski definition) is 2. The van der Waals surface area contributed by atoms with Crippen molar-refractivity contribution in [2.45, 2.75) is 6.92 Å². The van der Waals surface area contributed by atoms with Gasteiger partial charge in [-0.1, -0.05) is 12.1 Å². The molecule has 1 saturated heterocycles. The van der Waals surface area contributed by atoms with E-state index in [-0.39, 0.29) is 11.7 Å². The number of nitrogens with zero attached hydrogens (tertiary/aromatic N) is 2. The molecule has 0 unspecified atom stereocenters. The van der Waals surface area contributed by atoms with Crippen molar-refractivity contribution in [2.75, 3.05) is 31.1 Å². The number of carbonyl (C=O) groups excluding carboxylic acids is 1. The van der Waals surface area contributed by atoms with Gasteiger partial charge in [-0.25, -0.2) is 4.39 Å². The first-order valence-corrected chi connectivity index (χ1v) is 8.40. The molecule has 3 rings (SSSR count). The minimum atomic E-state index is -0.349. The summed E-state index contributed by atoms with van der Waals surface area (Å²) in [6, 6.07) is 12.6. The molecule has 0 N–H and O–H groups in total. The predicted molar refractivity (Wildman–Crippen MR) is 93.4 cm³/mol. The van der Waals surface area contributed by atoms with Crippen molar-refractivity contribution in [1.29, 1.82) is 0 Å². The molecule has 3 nitrogen and oxygen atoms in total. The second kappa shape index (κ2) is 6.71. The van der Waals surface area contributed by atoms with Crippen LogP contribution in [0.25, 0.3) is 0 Å². The summed E-state index contributed by atoms with van der Waals surface area (Å²) in [5.74, 6) is -0.404. The van der Waals surface area contributed by atoms with Crippen LogP contribution >= 0.6 is 15.9 Å². The third kappa shape index (κ3) is 3.55. The van der Waals surface area contributed by atoms with Crippen molar-refractivity contribution >= 4 is 27.5 Å². The van der Waals surface area contributed by atoms with Gasteiger partial charge in [0.2, 0.25) is 0 Å². The van der Waals surface area contributed by atoms with Gasteiger partial charge in [0.05, 0.1) is 5.56 Å². The Morgan fingerprint density at radius 3 is 2.48 bits per heavy atom. The number of aryl methyl sites for hydroxylation is 1. The van der Waals surface area contributed by atoms with Crippen molar-refractivity contribution in [1.82, 2.24) is 4.90 Å². The molecule has 0 radical (unpaired) electrons. The Labute approximate surface area is 143 Å². The van der Waals surface area contributed by atoms with Crippen LogP contribution in [0, 0.1) is 12.7 Å². The lowest BCUT2D eigenvalue weighted by Gasteiger charge is -2.36. The standard InChI is InChI=1S/C18H18BrFN2O/c1-13-3-2-4-15(11-13)21-7-9-22(10-8-21)18(23)16-6-5-14(20)12-17(16)19/h2-6,11-12H,7-10H2,1H3. The zero-order valence-electron chi connectivity index (χ0n) is 12.9. The largest absolute Gasteiger partial charge is 0.368 e. The van der Waals surface area contributed by atoms with E-state index in [4.69, 9.17) is 0 Å². The lowest BCUT2D eigenvalue weighted by molar-refractivity contribution is 0.0746. The molecule has 1 aliphatic rings. The summed E-state index contributed by atoms with van der Waals surface area (Å²) >= 11 is 3.27. The minimum Gasteiger partial charge on any atom is -0.368 e. The maximum Gasteiger partial charge on any atom is 0.255 e. The molecule has 1 fully saturated rings. The molecule has 0 spiro atoms. The van der Waals surface area contributed by atoms with E-state index in [1.165, 1.54) is 29.4 Å². The van der Waals surface area contributed by atoms with Gasteiger partial charge in [-0.2, -0.15) is 0 Å². The van der Waals surface area contributed by atoms with Crippen LogP contribution in [0.3, 0.4) is 0 Å². The van der Waals surface area contributed by atoms with Crippen molar-refractivity contribution < 1.29 is 9.18 Å². The lowest BCUT2D eigenvalue weighted by atomic mass is 10.1. The van der Waals surface area contributed by atoms with Crippen LogP contribution in [0.4, 0.5) is 10.1 Å². The summed E-state index contributed by atoms with van der Waals surface area (Å²) in [6.45, 7) is 5.00. The Morgan fingerprint density at radius 1 is 1.09 bits per heavy atom. The highest BCUT2D eigenvalue weighted by Gasteiger charge is 2.23. The van der Waals surface area contributed by atoms with Gasteiger partial charge in [0.1, 0.15) is 5.82 Å². The molecule has 5 heteroatoms. The first kappa shape index (κ1) is 16.0. The highest BCUT2D eigenvalue weighted by molar-refractivity contribution is 9.10. The van der Waals surface area contributed by atoms with E-state index in [1.807, 2.05) is 4.90 Å². The molecule has 1 aliphatic heterocycles. The number of halogens is 2. The second-order valence-electron chi connectivity index (χ2n) is 5.74. The Morgan fingerprint density at radius 2 is 1.83 bits per heavy atom. The Bertz CT molecular complexity index is 727. The predicted octanol–water partition coefficient (Wildman–Crippen LogP) is 3.86. The van der Waals surface area contributed by atoms with Crippen molar-refractivity contribution in [3.63, 3.8) is 0 Å². The molecule has 1 heterocycles. The van der Waals surface area contributed by atoms with Crippen LogP contribution in [-0.2, 0) is 0 Å². The molecule has 0 atom stereocenters. The molecule has 23 heavy (non-hydrogen) atoms. The molecule has 1 amide bonds. The fraction of sp³-hybridized carbons (Fsp3) is 0.278. The average molecular weight is 377 g/mol. The van der Waals surface area contributed by atoms with E-state index in [2.05, 4.69) is 52.0 Å². The van der Waals surface area contributed by atoms with Crippen molar-refractivity contribution in [3.8, 4) is 0 Å². The van der Waals surface area contributed by atoms with Gasteiger partial charge >= 0.3 is 0 Å². The van der Waals surface area contributed by atoms with Crippen LogP contribution < -0.4 is 4.90 Å². The first-order valence-electron chi connectivity index (χ1n) is 7.60. The summed E-state index contributed by atoms with van der Waals surface area (Å²) in [7, 11) is 0. The first-order chi connectivity index (χ1) is 11.0. The highest BCUT2D eigenvalue weighted by atomic mass is 79.9. The number of benzene rings is 2. The van der Waals surface area contributed by atoms with E-state index in [1.54, 1.807) is 0 Å². The van der Waals surface area contributed by atoms with Crippen molar-refractivity contribution in [2.24, 2.45) is 0 Å². The number of hydrogen-bond donors (Lipinski definition) is 0. The Balaban J connectivity index is 1.68. The smallest absolute Gasteiger partial charge is 0.255 e. The second-order valence-corrected chi connectivity index (χ2v) is 6.60. The summed E-state index contributed by atoms with van der Waals surface area (Å²) in [5.41, 5.74) is 2.94. The molecule has 0 saturated carbocycles. The van der Waals surface area contributed by atoms with Gasteiger partial charge in [0.25, 0.3) is 5.91 Å². The zero-order valence-corrected chi connectivity index (χ0v) is 14.5. The average Bonchev–Trinajstić information content (AvgIpc) is 2.54.